The van der Waals surface area contributed by atoms with E-state index >= 15 is 0 Å². The molecule has 5 nitrogen and oxygen atoms in total. The predicted molar refractivity (Wildman–Crippen MR) is 89.4 cm³/mol. The normalized spacial score (nSPS) is 11.1. The molecule has 0 aliphatic carbocycles. The Labute approximate surface area is 128 Å². The highest BCUT2D eigenvalue weighted by Gasteiger charge is 2.07. The fourth-order valence-corrected chi connectivity index (χ4v) is 2.09. The maximum absolute atomic E-state index is 11.9. The summed E-state index contributed by atoms with van der Waals surface area (Å²) in [5.41, 5.74) is 7.12. The number of hydrogen-bond donors (Lipinski definition) is 2. The summed E-state index contributed by atoms with van der Waals surface area (Å²) in [6.45, 7) is 6.01. The minimum Gasteiger partial charge on any atom is -0.399 e. The Bertz CT molecular complexity index is 417. The van der Waals surface area contributed by atoms with Gasteiger partial charge in [-0.25, -0.2) is 0 Å². The molecule has 0 spiro atoms. The number of nitrogens with one attached hydrogen (secondary N) is 1. The van der Waals surface area contributed by atoms with Crippen molar-refractivity contribution < 1.29 is 4.79 Å². The lowest BCUT2D eigenvalue weighted by Gasteiger charge is -2.21. The Balaban J connectivity index is 2.28. The minimum absolute atomic E-state index is 0.0471. The molecule has 21 heavy (non-hydrogen) atoms. The molecule has 1 aromatic rings. The third-order valence-electron chi connectivity index (χ3n) is 3.38. The van der Waals surface area contributed by atoms with Gasteiger partial charge in [0.05, 0.1) is 0 Å². The lowest BCUT2D eigenvalue weighted by Crippen LogP contribution is -2.30. The van der Waals surface area contributed by atoms with E-state index in [-0.39, 0.29) is 5.91 Å². The maximum atomic E-state index is 11.9. The second-order valence-electron chi connectivity index (χ2n) is 5.51. The highest BCUT2D eigenvalue weighted by atomic mass is 16.1. The van der Waals surface area contributed by atoms with Gasteiger partial charge in [-0.1, -0.05) is 6.92 Å². The zero-order valence-electron chi connectivity index (χ0n) is 13.4. The Morgan fingerprint density at radius 1 is 1.14 bits per heavy atom. The van der Waals surface area contributed by atoms with Crippen LogP contribution in [0, 0.1) is 0 Å². The molecule has 1 aromatic carbocycles. The van der Waals surface area contributed by atoms with Crippen molar-refractivity contribution in [2.45, 2.75) is 19.8 Å². The van der Waals surface area contributed by atoms with E-state index in [9.17, 15) is 4.79 Å². The molecular formula is C16H28N4O. The summed E-state index contributed by atoms with van der Waals surface area (Å²) >= 11 is 0. The zero-order valence-corrected chi connectivity index (χ0v) is 13.4. The van der Waals surface area contributed by atoms with Crippen molar-refractivity contribution in [2.75, 3.05) is 51.3 Å². The fraction of sp³-hybridized carbons (Fsp3) is 0.562. The number of nitrogen functional groups attached to an aromatic ring is 1. The number of hydrogen-bond acceptors (Lipinski definition) is 4. The first-order chi connectivity index (χ1) is 10.0. The molecule has 1 rings (SSSR count). The van der Waals surface area contributed by atoms with Crippen LogP contribution in [0.15, 0.2) is 24.3 Å². The Morgan fingerprint density at radius 2 is 1.81 bits per heavy atom. The van der Waals surface area contributed by atoms with Crippen LogP contribution in [-0.2, 0) is 4.79 Å². The van der Waals surface area contributed by atoms with Gasteiger partial charge in [0, 0.05) is 24.3 Å². The summed E-state index contributed by atoms with van der Waals surface area (Å²) in [5.74, 6) is 0.0471. The average molecular weight is 292 g/mol. The molecule has 118 valence electrons. The van der Waals surface area contributed by atoms with Gasteiger partial charge in [-0.2, -0.15) is 0 Å². The molecule has 0 saturated carbocycles. The molecule has 0 bridgehead atoms. The van der Waals surface area contributed by atoms with E-state index in [0.29, 0.717) is 12.1 Å². The molecule has 0 radical (unpaired) electrons. The number of anilines is 2. The van der Waals surface area contributed by atoms with Gasteiger partial charge in [0.15, 0.2) is 0 Å². The van der Waals surface area contributed by atoms with E-state index in [1.807, 2.05) is 12.1 Å². The number of nitrogens with zero attached hydrogens (tertiary/aromatic N) is 2. The van der Waals surface area contributed by atoms with E-state index in [1.165, 1.54) is 0 Å². The smallest absolute Gasteiger partial charge is 0.225 e. The van der Waals surface area contributed by atoms with E-state index in [0.717, 1.165) is 38.3 Å². The van der Waals surface area contributed by atoms with E-state index in [4.69, 9.17) is 5.73 Å². The van der Waals surface area contributed by atoms with Crippen LogP contribution in [-0.4, -0.2) is 56.0 Å². The number of benzene rings is 1. The average Bonchev–Trinajstić information content (AvgIpc) is 2.44. The summed E-state index contributed by atoms with van der Waals surface area (Å²) in [6, 6.07) is 7.22. The topological polar surface area (TPSA) is 61.6 Å². The summed E-state index contributed by atoms with van der Waals surface area (Å²) < 4.78 is 0. The van der Waals surface area contributed by atoms with E-state index in [2.05, 4.69) is 36.1 Å². The van der Waals surface area contributed by atoms with Crippen molar-refractivity contribution in [3.05, 3.63) is 24.3 Å². The third-order valence-corrected chi connectivity index (χ3v) is 3.38. The molecule has 1 amide bonds. The molecule has 0 unspecified atom stereocenters. The molecule has 5 heteroatoms. The minimum atomic E-state index is 0.0471. The van der Waals surface area contributed by atoms with Gasteiger partial charge in [0.2, 0.25) is 5.91 Å². The number of carbonyl (C=O) groups is 1. The fourth-order valence-electron chi connectivity index (χ4n) is 2.09. The van der Waals surface area contributed by atoms with Gasteiger partial charge in [0.25, 0.3) is 0 Å². The van der Waals surface area contributed by atoms with Crippen molar-refractivity contribution in [3.63, 3.8) is 0 Å². The van der Waals surface area contributed by atoms with Crippen LogP contribution in [0.25, 0.3) is 0 Å². The van der Waals surface area contributed by atoms with Crippen LogP contribution in [0.5, 0.6) is 0 Å². The quantitative estimate of drug-likeness (QED) is 0.682. The first kappa shape index (κ1) is 17.5. The molecular weight excluding hydrogens is 264 g/mol. The lowest BCUT2D eigenvalue weighted by molar-refractivity contribution is -0.116. The van der Waals surface area contributed by atoms with E-state index in [1.54, 1.807) is 12.1 Å². The Kier molecular flexibility index (Phi) is 7.79. The molecule has 0 fully saturated rings. The highest BCUT2D eigenvalue weighted by Crippen LogP contribution is 2.10. The first-order valence-corrected chi connectivity index (χ1v) is 7.53. The van der Waals surface area contributed by atoms with Crippen molar-refractivity contribution in [1.29, 1.82) is 0 Å². The summed E-state index contributed by atoms with van der Waals surface area (Å²) in [4.78, 5) is 16.4. The monoisotopic (exact) mass is 292 g/mol. The number of rotatable bonds is 9. The SMILES string of the molecule is CCN(CCCN(C)C)CCC(=O)Nc1ccc(N)cc1. The Morgan fingerprint density at radius 3 is 2.38 bits per heavy atom. The largest absolute Gasteiger partial charge is 0.399 e. The Hall–Kier alpha value is -1.59. The van der Waals surface area contributed by atoms with Gasteiger partial charge in [-0.15, -0.1) is 0 Å². The van der Waals surface area contributed by atoms with Gasteiger partial charge in [0.1, 0.15) is 0 Å². The van der Waals surface area contributed by atoms with Crippen LogP contribution < -0.4 is 11.1 Å². The molecule has 3 N–H and O–H groups in total. The van der Waals surface area contributed by atoms with Crippen molar-refractivity contribution in [3.8, 4) is 0 Å². The van der Waals surface area contributed by atoms with Crippen LogP contribution in [0.3, 0.4) is 0 Å². The van der Waals surface area contributed by atoms with E-state index < -0.39 is 0 Å². The summed E-state index contributed by atoms with van der Waals surface area (Å²) in [7, 11) is 4.16. The van der Waals surface area contributed by atoms with Crippen LogP contribution in [0.1, 0.15) is 19.8 Å². The molecule has 0 heterocycles. The number of carbonyl (C=O) groups excluding carboxylic acids is 1. The maximum Gasteiger partial charge on any atom is 0.225 e. The first-order valence-electron chi connectivity index (χ1n) is 7.53. The van der Waals surface area contributed by atoms with Gasteiger partial charge in [-0.05, 0) is 64.4 Å². The molecule has 0 aliphatic heterocycles. The van der Waals surface area contributed by atoms with Gasteiger partial charge < -0.3 is 20.9 Å². The van der Waals surface area contributed by atoms with Crippen LogP contribution in [0.4, 0.5) is 11.4 Å². The van der Waals surface area contributed by atoms with Crippen molar-refractivity contribution in [2.24, 2.45) is 0 Å². The number of nitrogens with two attached hydrogens (primary N) is 1. The second kappa shape index (κ2) is 9.37. The predicted octanol–water partition coefficient (Wildman–Crippen LogP) is 1.87. The lowest BCUT2D eigenvalue weighted by atomic mass is 10.2. The summed E-state index contributed by atoms with van der Waals surface area (Å²) in [6.07, 6.45) is 1.64. The number of amides is 1. The molecule has 0 atom stereocenters. The van der Waals surface area contributed by atoms with Crippen LogP contribution in [0.2, 0.25) is 0 Å². The van der Waals surface area contributed by atoms with Gasteiger partial charge in [-0.3, -0.25) is 4.79 Å². The van der Waals surface area contributed by atoms with Crippen LogP contribution >= 0.6 is 0 Å². The molecule has 0 aliphatic rings. The van der Waals surface area contributed by atoms with Gasteiger partial charge >= 0.3 is 0 Å². The standard InChI is InChI=1S/C16H28N4O/c1-4-20(12-5-11-19(2)3)13-10-16(21)18-15-8-6-14(17)7-9-15/h6-9H,4-5,10-13,17H2,1-3H3,(H,18,21). The highest BCUT2D eigenvalue weighted by molar-refractivity contribution is 5.90. The zero-order chi connectivity index (χ0) is 15.7. The molecule has 0 saturated heterocycles. The van der Waals surface area contributed by atoms with Crippen molar-refractivity contribution in [1.82, 2.24) is 9.80 Å². The van der Waals surface area contributed by atoms with Crippen molar-refractivity contribution >= 4 is 17.3 Å². The third kappa shape index (κ3) is 7.68. The molecule has 0 aromatic heterocycles. The second-order valence-corrected chi connectivity index (χ2v) is 5.51. The summed E-state index contributed by atoms with van der Waals surface area (Å²) in [5, 5.41) is 2.89.